The number of hydrogen-bond acceptors (Lipinski definition) is 5. The third kappa shape index (κ3) is 3.25. The summed E-state index contributed by atoms with van der Waals surface area (Å²) in [6, 6.07) is 4.26. The Kier molecular flexibility index (Phi) is 3.81. The lowest BCUT2D eigenvalue weighted by atomic mass is 10.2. The van der Waals surface area contributed by atoms with Gasteiger partial charge in [-0.25, -0.2) is 0 Å². The molecule has 2 aromatic rings. The lowest BCUT2D eigenvalue weighted by molar-refractivity contribution is 0.289. The summed E-state index contributed by atoms with van der Waals surface area (Å²) >= 11 is 0. The smallest absolute Gasteiger partial charge is 0.156 e. The molecule has 1 N–H and O–H groups in total. The van der Waals surface area contributed by atoms with Crippen LogP contribution in [-0.4, -0.2) is 33.5 Å². The summed E-state index contributed by atoms with van der Waals surface area (Å²) in [7, 11) is 0. The molecule has 1 saturated carbocycles. The minimum Gasteiger partial charge on any atom is -0.359 e. The second kappa shape index (κ2) is 6.10. The van der Waals surface area contributed by atoms with Crippen molar-refractivity contribution in [1.29, 1.82) is 0 Å². The summed E-state index contributed by atoms with van der Waals surface area (Å²) in [5, 5.41) is 11.8. The summed E-state index contributed by atoms with van der Waals surface area (Å²) in [6.07, 6.45) is 8.97. The summed E-state index contributed by atoms with van der Waals surface area (Å²) in [5.41, 5.74) is 2.32. The largest absolute Gasteiger partial charge is 0.359 e. The van der Waals surface area contributed by atoms with Gasteiger partial charge in [-0.05, 0) is 31.5 Å². The number of aromatic nitrogens is 3. The third-order valence-corrected chi connectivity index (χ3v) is 4.39. The predicted octanol–water partition coefficient (Wildman–Crippen LogP) is 3.02. The van der Waals surface area contributed by atoms with Crippen molar-refractivity contribution in [1.82, 2.24) is 20.3 Å². The van der Waals surface area contributed by atoms with E-state index in [1.54, 1.807) is 0 Å². The number of hydrogen-bond donors (Lipinski definition) is 1. The highest BCUT2D eigenvalue weighted by Gasteiger charge is 2.27. The van der Waals surface area contributed by atoms with Crippen LogP contribution in [-0.2, 0) is 13.0 Å². The zero-order chi connectivity index (χ0) is 15.6. The standard InChI is InChI=1S/C17H23N5O/c1-2-4-14-9-17(19-18-14)22-8-3-7-21(12-22)11-15-10-16(20-23-15)13-5-6-13/h3,7,9-10,13H,2,4-6,8,11-12H2,1H3,(H,18,19). The van der Waals surface area contributed by atoms with Crippen molar-refractivity contribution in [2.45, 2.75) is 45.1 Å². The first-order valence-electron chi connectivity index (χ1n) is 8.47. The molecule has 0 amide bonds. The Morgan fingerprint density at radius 3 is 3.09 bits per heavy atom. The van der Waals surface area contributed by atoms with Crippen molar-refractivity contribution in [3.05, 3.63) is 41.6 Å². The van der Waals surface area contributed by atoms with Crippen molar-refractivity contribution in [3.8, 4) is 0 Å². The van der Waals surface area contributed by atoms with Gasteiger partial charge in [0.2, 0.25) is 0 Å². The van der Waals surface area contributed by atoms with Crippen LogP contribution in [0.15, 0.2) is 28.9 Å². The first-order chi connectivity index (χ1) is 11.3. The summed E-state index contributed by atoms with van der Waals surface area (Å²) in [6.45, 7) is 4.63. The molecule has 2 aliphatic rings. The minimum atomic E-state index is 0.641. The quantitative estimate of drug-likeness (QED) is 0.888. The fourth-order valence-electron chi connectivity index (χ4n) is 3.00. The number of aryl methyl sites for hydroxylation is 1. The molecule has 0 atom stereocenters. The second-order valence-corrected chi connectivity index (χ2v) is 6.49. The average molecular weight is 313 g/mol. The zero-order valence-corrected chi connectivity index (χ0v) is 13.5. The maximum atomic E-state index is 5.48. The topological polar surface area (TPSA) is 61.2 Å². The average Bonchev–Trinajstić information content (AvgIpc) is 3.13. The predicted molar refractivity (Wildman–Crippen MR) is 88.0 cm³/mol. The normalized spacial score (nSPS) is 18.0. The Balaban J connectivity index is 1.39. The zero-order valence-electron chi connectivity index (χ0n) is 13.5. The second-order valence-electron chi connectivity index (χ2n) is 6.49. The maximum absolute atomic E-state index is 5.48. The highest BCUT2D eigenvalue weighted by molar-refractivity contribution is 5.41. The van der Waals surface area contributed by atoms with Crippen LogP contribution in [0.25, 0.3) is 0 Å². The molecule has 0 spiro atoms. The molecule has 2 aromatic heterocycles. The molecule has 6 nitrogen and oxygen atoms in total. The van der Waals surface area contributed by atoms with Crippen LogP contribution in [0.4, 0.5) is 5.82 Å². The number of H-pyrrole nitrogens is 1. The van der Waals surface area contributed by atoms with Crippen molar-refractivity contribution < 1.29 is 4.52 Å². The van der Waals surface area contributed by atoms with Gasteiger partial charge in [-0.15, -0.1) is 0 Å². The van der Waals surface area contributed by atoms with Crippen LogP contribution >= 0.6 is 0 Å². The number of nitrogens with zero attached hydrogens (tertiary/aromatic N) is 4. The minimum absolute atomic E-state index is 0.641. The first kappa shape index (κ1) is 14.4. The van der Waals surface area contributed by atoms with E-state index < -0.39 is 0 Å². The molecule has 1 fully saturated rings. The highest BCUT2D eigenvalue weighted by atomic mass is 16.5. The van der Waals surface area contributed by atoms with Crippen LogP contribution in [0.1, 0.15) is 49.3 Å². The van der Waals surface area contributed by atoms with E-state index in [4.69, 9.17) is 4.52 Å². The summed E-state index contributed by atoms with van der Waals surface area (Å²) in [4.78, 5) is 4.49. The van der Waals surface area contributed by atoms with E-state index >= 15 is 0 Å². The van der Waals surface area contributed by atoms with Crippen molar-refractivity contribution in [2.24, 2.45) is 0 Å². The van der Waals surface area contributed by atoms with E-state index in [1.165, 1.54) is 18.5 Å². The van der Waals surface area contributed by atoms with E-state index in [2.05, 4.69) is 56.5 Å². The van der Waals surface area contributed by atoms with Crippen molar-refractivity contribution in [3.63, 3.8) is 0 Å². The van der Waals surface area contributed by atoms with Gasteiger partial charge in [0.25, 0.3) is 0 Å². The van der Waals surface area contributed by atoms with Gasteiger partial charge >= 0.3 is 0 Å². The number of aromatic amines is 1. The van der Waals surface area contributed by atoms with Gasteiger partial charge in [-0.3, -0.25) is 5.10 Å². The molecule has 6 heteroatoms. The maximum Gasteiger partial charge on any atom is 0.156 e. The molecule has 122 valence electrons. The molecule has 4 rings (SSSR count). The van der Waals surface area contributed by atoms with E-state index in [9.17, 15) is 0 Å². The number of rotatable bonds is 6. The van der Waals surface area contributed by atoms with Crippen molar-refractivity contribution >= 4 is 5.82 Å². The van der Waals surface area contributed by atoms with Gasteiger partial charge in [-0.2, -0.15) is 5.10 Å². The molecule has 0 radical (unpaired) electrons. The van der Waals surface area contributed by atoms with Crippen molar-refractivity contribution in [2.75, 3.05) is 18.1 Å². The Hall–Kier alpha value is -2.24. The Morgan fingerprint density at radius 2 is 2.26 bits per heavy atom. The lowest BCUT2D eigenvalue weighted by Gasteiger charge is -2.32. The van der Waals surface area contributed by atoms with Crippen LogP contribution in [0.3, 0.4) is 0 Å². The van der Waals surface area contributed by atoms with Gasteiger partial charge < -0.3 is 14.3 Å². The lowest BCUT2D eigenvalue weighted by Crippen LogP contribution is -2.38. The Bertz CT molecular complexity index is 685. The number of nitrogens with one attached hydrogen (secondary N) is 1. The molecule has 1 aliphatic heterocycles. The van der Waals surface area contributed by atoms with E-state index in [0.29, 0.717) is 5.92 Å². The Labute approximate surface area is 136 Å². The van der Waals surface area contributed by atoms with Gasteiger partial charge in [0.15, 0.2) is 11.6 Å². The molecule has 23 heavy (non-hydrogen) atoms. The van der Waals surface area contributed by atoms with Gasteiger partial charge in [0.1, 0.15) is 0 Å². The summed E-state index contributed by atoms with van der Waals surface area (Å²) in [5.74, 6) is 2.59. The van der Waals surface area contributed by atoms with Crippen LogP contribution in [0.5, 0.6) is 0 Å². The molecule has 0 aromatic carbocycles. The number of anilines is 1. The first-order valence-corrected chi connectivity index (χ1v) is 8.47. The van der Waals surface area contributed by atoms with Crippen LogP contribution in [0, 0.1) is 0 Å². The molecule has 0 saturated heterocycles. The highest BCUT2D eigenvalue weighted by Crippen LogP contribution is 2.39. The van der Waals surface area contributed by atoms with E-state index in [-0.39, 0.29) is 0 Å². The fourth-order valence-corrected chi connectivity index (χ4v) is 3.00. The van der Waals surface area contributed by atoms with Crippen LogP contribution in [0.2, 0.25) is 0 Å². The molecular formula is C17H23N5O. The fraction of sp³-hybridized carbons (Fsp3) is 0.529. The van der Waals surface area contributed by atoms with E-state index in [0.717, 1.165) is 49.9 Å². The van der Waals surface area contributed by atoms with Gasteiger partial charge in [0.05, 0.1) is 18.9 Å². The van der Waals surface area contributed by atoms with Crippen LogP contribution < -0.4 is 4.90 Å². The Morgan fingerprint density at radius 1 is 1.35 bits per heavy atom. The summed E-state index contributed by atoms with van der Waals surface area (Å²) < 4.78 is 5.48. The molecule has 1 aliphatic carbocycles. The molecule has 0 bridgehead atoms. The molecular weight excluding hydrogens is 290 g/mol. The van der Waals surface area contributed by atoms with Gasteiger partial charge in [0, 0.05) is 30.3 Å². The third-order valence-electron chi connectivity index (χ3n) is 4.39. The SMILES string of the molecule is CCCc1cc(N2CC=CN(Cc3cc(C4CC4)no3)C2)n[nH]1. The molecule has 3 heterocycles. The van der Waals surface area contributed by atoms with Gasteiger partial charge in [-0.1, -0.05) is 18.5 Å². The monoisotopic (exact) mass is 313 g/mol. The molecule has 0 unspecified atom stereocenters. The van der Waals surface area contributed by atoms with E-state index in [1.807, 2.05) is 0 Å².